The van der Waals surface area contributed by atoms with Crippen molar-refractivity contribution in [2.24, 2.45) is 11.3 Å². The van der Waals surface area contributed by atoms with Gasteiger partial charge in [-0.25, -0.2) is 0 Å². The molecule has 1 aromatic rings. The fraction of sp³-hybridized carbons (Fsp3) is 0.571. The van der Waals surface area contributed by atoms with Crippen molar-refractivity contribution in [1.82, 2.24) is 0 Å². The highest BCUT2D eigenvalue weighted by molar-refractivity contribution is 5.68. The van der Waals surface area contributed by atoms with Crippen LogP contribution in [0.25, 0.3) is 0 Å². The maximum atomic E-state index is 5.96. The topological polar surface area (TPSA) is 47.3 Å². The van der Waals surface area contributed by atoms with Gasteiger partial charge in [-0.2, -0.15) is 0 Å². The lowest BCUT2D eigenvalue weighted by Gasteiger charge is -2.30. The van der Waals surface area contributed by atoms with Crippen molar-refractivity contribution in [3.63, 3.8) is 0 Å². The molecule has 17 heavy (non-hydrogen) atoms. The molecule has 0 aliphatic rings. The van der Waals surface area contributed by atoms with E-state index in [0.717, 1.165) is 23.7 Å². The van der Waals surface area contributed by atoms with Gasteiger partial charge in [-0.1, -0.05) is 27.7 Å². The number of methoxy groups -OCH3 is 1. The Balaban J connectivity index is 2.70. The highest BCUT2D eigenvalue weighted by Crippen LogP contribution is 2.29. The van der Waals surface area contributed by atoms with Crippen molar-refractivity contribution in [2.75, 3.05) is 24.7 Å². The van der Waals surface area contributed by atoms with Gasteiger partial charge in [0.2, 0.25) is 0 Å². The van der Waals surface area contributed by atoms with E-state index >= 15 is 0 Å². The highest BCUT2D eigenvalue weighted by atomic mass is 16.5. The Kier molecular flexibility index (Phi) is 4.27. The van der Waals surface area contributed by atoms with E-state index in [1.807, 2.05) is 18.2 Å². The van der Waals surface area contributed by atoms with Crippen LogP contribution in [0.3, 0.4) is 0 Å². The minimum Gasteiger partial charge on any atom is -0.497 e. The summed E-state index contributed by atoms with van der Waals surface area (Å²) in [5.41, 5.74) is 7.90. The smallest absolute Gasteiger partial charge is 0.121 e. The first-order valence-corrected chi connectivity index (χ1v) is 6.04. The van der Waals surface area contributed by atoms with Crippen LogP contribution in [0.2, 0.25) is 0 Å². The Hall–Kier alpha value is -1.38. The van der Waals surface area contributed by atoms with Gasteiger partial charge >= 0.3 is 0 Å². The normalized spacial score (nSPS) is 11.6. The number of rotatable bonds is 5. The van der Waals surface area contributed by atoms with Crippen molar-refractivity contribution in [3.05, 3.63) is 18.2 Å². The molecule has 96 valence electrons. The zero-order valence-corrected chi connectivity index (χ0v) is 11.5. The summed E-state index contributed by atoms with van der Waals surface area (Å²) in [6.07, 6.45) is 0. The van der Waals surface area contributed by atoms with Crippen LogP contribution in [0.5, 0.6) is 5.75 Å². The molecule has 0 bridgehead atoms. The number of ether oxygens (including phenoxy) is 1. The van der Waals surface area contributed by atoms with Gasteiger partial charge in [-0.3, -0.25) is 0 Å². The highest BCUT2D eigenvalue weighted by Gasteiger charge is 2.22. The average molecular weight is 236 g/mol. The molecular formula is C14H24N2O. The standard InChI is InChI=1S/C14H24N2O/c1-10(2)14(3,4)9-16-13-7-6-11(17-5)8-12(13)15/h6-8,10,16H,9,15H2,1-5H3. The van der Waals surface area contributed by atoms with Gasteiger partial charge < -0.3 is 15.8 Å². The summed E-state index contributed by atoms with van der Waals surface area (Å²) in [5, 5.41) is 3.41. The molecule has 1 aromatic carbocycles. The number of hydrogen-bond acceptors (Lipinski definition) is 3. The fourth-order valence-electron chi connectivity index (χ4n) is 1.36. The number of nitrogens with two attached hydrogens (primary N) is 1. The van der Waals surface area contributed by atoms with Gasteiger partial charge in [-0.15, -0.1) is 0 Å². The summed E-state index contributed by atoms with van der Waals surface area (Å²) in [4.78, 5) is 0. The molecule has 0 fully saturated rings. The molecule has 0 saturated heterocycles. The molecule has 0 unspecified atom stereocenters. The van der Waals surface area contributed by atoms with Crippen molar-refractivity contribution in [2.45, 2.75) is 27.7 Å². The van der Waals surface area contributed by atoms with E-state index < -0.39 is 0 Å². The maximum absolute atomic E-state index is 5.96. The molecule has 0 amide bonds. The van der Waals surface area contributed by atoms with Crippen molar-refractivity contribution < 1.29 is 4.74 Å². The van der Waals surface area contributed by atoms with Gasteiger partial charge in [0.25, 0.3) is 0 Å². The summed E-state index contributed by atoms with van der Waals surface area (Å²) in [6.45, 7) is 9.88. The van der Waals surface area contributed by atoms with E-state index in [-0.39, 0.29) is 5.41 Å². The molecule has 3 nitrogen and oxygen atoms in total. The monoisotopic (exact) mass is 236 g/mol. The van der Waals surface area contributed by atoms with Crippen molar-refractivity contribution in [3.8, 4) is 5.75 Å². The Labute approximate surface area is 104 Å². The van der Waals surface area contributed by atoms with Gasteiger partial charge in [0.15, 0.2) is 0 Å². The molecule has 3 N–H and O–H groups in total. The zero-order chi connectivity index (χ0) is 13.1. The Bertz CT molecular complexity index is 372. The first-order valence-electron chi connectivity index (χ1n) is 6.04. The zero-order valence-electron chi connectivity index (χ0n) is 11.5. The molecule has 0 aliphatic heterocycles. The number of hydrogen-bond donors (Lipinski definition) is 2. The first kappa shape index (κ1) is 13.7. The van der Waals surface area contributed by atoms with E-state index in [0.29, 0.717) is 5.92 Å². The molecule has 0 aliphatic carbocycles. The second-order valence-electron chi connectivity index (χ2n) is 5.45. The summed E-state index contributed by atoms with van der Waals surface area (Å²) >= 11 is 0. The van der Waals surface area contributed by atoms with Crippen molar-refractivity contribution >= 4 is 11.4 Å². The molecule has 0 saturated carbocycles. The lowest BCUT2D eigenvalue weighted by atomic mass is 9.81. The van der Waals surface area contributed by atoms with Gasteiger partial charge in [-0.05, 0) is 23.5 Å². The van der Waals surface area contributed by atoms with E-state index in [1.165, 1.54) is 0 Å². The van der Waals surface area contributed by atoms with Crippen LogP contribution >= 0.6 is 0 Å². The predicted molar refractivity (Wildman–Crippen MR) is 74.5 cm³/mol. The lowest BCUT2D eigenvalue weighted by Crippen LogP contribution is -2.28. The largest absolute Gasteiger partial charge is 0.497 e. The third kappa shape index (κ3) is 3.55. The van der Waals surface area contributed by atoms with Gasteiger partial charge in [0.1, 0.15) is 5.75 Å². The minimum absolute atomic E-state index is 0.242. The van der Waals surface area contributed by atoms with Gasteiger partial charge in [0, 0.05) is 12.6 Å². The second kappa shape index (κ2) is 5.30. The Morgan fingerprint density at radius 1 is 1.35 bits per heavy atom. The maximum Gasteiger partial charge on any atom is 0.121 e. The Morgan fingerprint density at radius 3 is 2.47 bits per heavy atom. The van der Waals surface area contributed by atoms with E-state index in [9.17, 15) is 0 Å². The average Bonchev–Trinajstić information content (AvgIpc) is 2.27. The van der Waals surface area contributed by atoms with Crippen molar-refractivity contribution in [1.29, 1.82) is 0 Å². The quantitative estimate of drug-likeness (QED) is 0.770. The molecule has 0 spiro atoms. The minimum atomic E-state index is 0.242. The third-order valence-electron chi connectivity index (χ3n) is 3.56. The van der Waals surface area contributed by atoms with E-state index in [2.05, 4.69) is 33.0 Å². The molecule has 0 heterocycles. The van der Waals surface area contributed by atoms with Crippen LogP contribution in [-0.4, -0.2) is 13.7 Å². The van der Waals surface area contributed by atoms with E-state index in [1.54, 1.807) is 7.11 Å². The lowest BCUT2D eigenvalue weighted by molar-refractivity contribution is 0.270. The summed E-state index contributed by atoms with van der Waals surface area (Å²) in [5.74, 6) is 1.41. The SMILES string of the molecule is COc1ccc(NCC(C)(C)C(C)C)c(N)c1. The Morgan fingerprint density at radius 2 is 2.00 bits per heavy atom. The summed E-state index contributed by atoms with van der Waals surface area (Å²) in [7, 11) is 1.64. The summed E-state index contributed by atoms with van der Waals surface area (Å²) < 4.78 is 5.13. The van der Waals surface area contributed by atoms with Crippen LogP contribution in [0.1, 0.15) is 27.7 Å². The van der Waals surface area contributed by atoms with Crippen LogP contribution < -0.4 is 15.8 Å². The molecule has 0 radical (unpaired) electrons. The number of nitrogen functional groups attached to an aromatic ring is 1. The summed E-state index contributed by atoms with van der Waals surface area (Å²) in [6, 6.07) is 5.72. The van der Waals surface area contributed by atoms with Crippen LogP contribution in [0, 0.1) is 11.3 Å². The molecule has 1 rings (SSSR count). The predicted octanol–water partition coefficient (Wildman–Crippen LogP) is 3.37. The molecule has 0 aromatic heterocycles. The molecule has 3 heteroatoms. The third-order valence-corrected chi connectivity index (χ3v) is 3.56. The number of nitrogens with one attached hydrogen (secondary N) is 1. The van der Waals surface area contributed by atoms with Crippen LogP contribution in [0.4, 0.5) is 11.4 Å². The molecular weight excluding hydrogens is 212 g/mol. The van der Waals surface area contributed by atoms with Crippen LogP contribution in [-0.2, 0) is 0 Å². The van der Waals surface area contributed by atoms with Gasteiger partial charge in [0.05, 0.1) is 18.5 Å². The second-order valence-corrected chi connectivity index (χ2v) is 5.45. The van der Waals surface area contributed by atoms with Crippen LogP contribution in [0.15, 0.2) is 18.2 Å². The number of anilines is 2. The first-order chi connectivity index (χ1) is 7.86. The van der Waals surface area contributed by atoms with E-state index in [4.69, 9.17) is 10.5 Å². The number of benzene rings is 1. The fourth-order valence-corrected chi connectivity index (χ4v) is 1.36. The molecule has 0 atom stereocenters.